The fraction of sp³-hybridized carbons (Fsp3) is 0.857. The molecule has 2 N–H and O–H groups in total. The minimum absolute atomic E-state index is 0.0777. The van der Waals surface area contributed by atoms with E-state index in [0.29, 0.717) is 26.0 Å². The van der Waals surface area contributed by atoms with E-state index in [1.54, 1.807) is 0 Å². The second-order valence-corrected chi connectivity index (χ2v) is 9.08. The van der Waals surface area contributed by atoms with Gasteiger partial charge >= 0.3 is 18.2 Å². The molecule has 8 heteroatoms. The van der Waals surface area contributed by atoms with Crippen molar-refractivity contribution in [3.63, 3.8) is 0 Å². The Hall–Kier alpha value is -1.99. The molecule has 8 nitrogen and oxygen atoms in total. The summed E-state index contributed by atoms with van der Waals surface area (Å²) < 4.78 is 15.3. The maximum Gasteiger partial charge on any atom is 0.407 e. The number of carbonyl (C=O) groups is 3. The van der Waals surface area contributed by atoms with Crippen LogP contribution in [-0.2, 0) is 19.0 Å². The Morgan fingerprint density at radius 1 is 0.966 bits per heavy atom. The maximum absolute atomic E-state index is 12.2. The summed E-state index contributed by atoms with van der Waals surface area (Å²) in [4.78, 5) is 35.0. The first-order chi connectivity index (χ1) is 13.6. The lowest BCUT2D eigenvalue weighted by atomic mass is 9.60. The fourth-order valence-electron chi connectivity index (χ4n) is 4.44. The molecule has 2 unspecified atom stereocenters. The fourth-order valence-corrected chi connectivity index (χ4v) is 4.44. The first-order valence-electron chi connectivity index (χ1n) is 10.5. The van der Waals surface area contributed by atoms with Gasteiger partial charge < -0.3 is 24.8 Å². The predicted molar refractivity (Wildman–Crippen MR) is 109 cm³/mol. The predicted octanol–water partition coefficient (Wildman–Crippen LogP) is 3.63. The van der Waals surface area contributed by atoms with E-state index >= 15 is 0 Å². The molecule has 1 rings (SSSR count). The molecular weight excluding hydrogens is 376 g/mol. The molecule has 0 aromatic rings. The average molecular weight is 415 g/mol. The second kappa shape index (κ2) is 11.9. The SMILES string of the molecule is CCCOC(=O)NCC1(C)CC(CC(=O)OCCCOC(=O)NC)CC(C)(C)C1. The van der Waals surface area contributed by atoms with Gasteiger partial charge in [-0.1, -0.05) is 27.7 Å². The van der Waals surface area contributed by atoms with Crippen LogP contribution >= 0.6 is 0 Å². The molecule has 1 saturated carbocycles. The summed E-state index contributed by atoms with van der Waals surface area (Å²) in [5, 5.41) is 5.24. The van der Waals surface area contributed by atoms with Gasteiger partial charge in [0.1, 0.15) is 0 Å². The van der Waals surface area contributed by atoms with Gasteiger partial charge in [0.05, 0.1) is 19.8 Å². The molecule has 1 aliphatic carbocycles. The third kappa shape index (κ3) is 10.4. The molecular formula is C21H38N2O6. The van der Waals surface area contributed by atoms with E-state index in [1.165, 1.54) is 7.05 Å². The number of carbonyl (C=O) groups excluding carboxylic acids is 3. The van der Waals surface area contributed by atoms with Gasteiger partial charge in [-0.25, -0.2) is 9.59 Å². The molecule has 0 aromatic heterocycles. The third-order valence-corrected chi connectivity index (χ3v) is 5.07. The van der Waals surface area contributed by atoms with Gasteiger partial charge in [0, 0.05) is 26.4 Å². The lowest BCUT2D eigenvalue weighted by molar-refractivity contribution is -0.146. The Bertz CT molecular complexity index is 551. The number of nitrogens with one attached hydrogen (secondary N) is 2. The van der Waals surface area contributed by atoms with E-state index in [9.17, 15) is 14.4 Å². The van der Waals surface area contributed by atoms with Gasteiger partial charge in [-0.05, 0) is 42.4 Å². The van der Waals surface area contributed by atoms with Crippen molar-refractivity contribution in [2.75, 3.05) is 33.4 Å². The Labute approximate surface area is 174 Å². The van der Waals surface area contributed by atoms with Gasteiger partial charge in [0.2, 0.25) is 0 Å². The average Bonchev–Trinajstić information content (AvgIpc) is 2.62. The number of hydrogen-bond donors (Lipinski definition) is 2. The van der Waals surface area contributed by atoms with Crippen LogP contribution in [0.1, 0.15) is 66.2 Å². The molecule has 2 atom stereocenters. The quantitative estimate of drug-likeness (QED) is 0.321. The number of rotatable bonds is 10. The largest absolute Gasteiger partial charge is 0.466 e. The van der Waals surface area contributed by atoms with Crippen molar-refractivity contribution >= 4 is 18.2 Å². The lowest BCUT2D eigenvalue weighted by Gasteiger charge is -2.46. The highest BCUT2D eigenvalue weighted by Crippen LogP contribution is 2.49. The van der Waals surface area contributed by atoms with Crippen LogP contribution in [0.4, 0.5) is 9.59 Å². The van der Waals surface area contributed by atoms with Crippen LogP contribution in [0.2, 0.25) is 0 Å². The van der Waals surface area contributed by atoms with Crippen molar-refractivity contribution in [2.24, 2.45) is 16.7 Å². The van der Waals surface area contributed by atoms with Crippen molar-refractivity contribution < 1.29 is 28.6 Å². The minimum atomic E-state index is -0.493. The number of hydrogen-bond acceptors (Lipinski definition) is 6. The van der Waals surface area contributed by atoms with Crippen molar-refractivity contribution in [3.8, 4) is 0 Å². The summed E-state index contributed by atoms with van der Waals surface area (Å²) >= 11 is 0. The summed E-state index contributed by atoms with van der Waals surface area (Å²) in [5.74, 6) is -0.0304. The van der Waals surface area contributed by atoms with Crippen molar-refractivity contribution in [2.45, 2.75) is 66.2 Å². The molecule has 0 saturated heterocycles. The van der Waals surface area contributed by atoms with Crippen LogP contribution in [0.15, 0.2) is 0 Å². The van der Waals surface area contributed by atoms with Crippen LogP contribution < -0.4 is 10.6 Å². The molecule has 2 amide bonds. The highest BCUT2D eigenvalue weighted by Gasteiger charge is 2.42. The molecule has 29 heavy (non-hydrogen) atoms. The summed E-state index contributed by atoms with van der Waals surface area (Å²) in [6.45, 7) is 9.90. The topological polar surface area (TPSA) is 103 Å². The lowest BCUT2D eigenvalue weighted by Crippen LogP contribution is -2.44. The van der Waals surface area contributed by atoms with Crippen molar-refractivity contribution in [1.29, 1.82) is 0 Å². The van der Waals surface area contributed by atoms with Gasteiger partial charge in [0.25, 0.3) is 0 Å². The zero-order chi connectivity index (χ0) is 21.9. The molecule has 0 spiro atoms. The summed E-state index contributed by atoms with van der Waals surface area (Å²) in [5.41, 5.74) is -0.0202. The van der Waals surface area contributed by atoms with E-state index in [2.05, 4.69) is 31.4 Å². The zero-order valence-electron chi connectivity index (χ0n) is 18.6. The van der Waals surface area contributed by atoms with Gasteiger partial charge in [0.15, 0.2) is 0 Å². The van der Waals surface area contributed by atoms with Gasteiger partial charge in [-0.15, -0.1) is 0 Å². The molecule has 0 aromatic carbocycles. The Balaban J connectivity index is 2.45. The van der Waals surface area contributed by atoms with E-state index in [0.717, 1.165) is 25.7 Å². The van der Waals surface area contributed by atoms with Gasteiger partial charge in [-0.2, -0.15) is 0 Å². The van der Waals surface area contributed by atoms with Crippen molar-refractivity contribution in [1.82, 2.24) is 10.6 Å². The van der Waals surface area contributed by atoms with Crippen LogP contribution in [0, 0.1) is 16.7 Å². The smallest absolute Gasteiger partial charge is 0.407 e. The molecule has 1 fully saturated rings. The van der Waals surface area contributed by atoms with E-state index in [4.69, 9.17) is 14.2 Å². The molecule has 0 bridgehead atoms. The normalized spacial score (nSPS) is 23.0. The molecule has 0 radical (unpaired) electrons. The summed E-state index contributed by atoms with van der Waals surface area (Å²) in [7, 11) is 1.49. The van der Waals surface area contributed by atoms with Crippen LogP contribution in [0.5, 0.6) is 0 Å². The van der Waals surface area contributed by atoms with Crippen molar-refractivity contribution in [3.05, 3.63) is 0 Å². The minimum Gasteiger partial charge on any atom is -0.466 e. The van der Waals surface area contributed by atoms with Crippen LogP contribution in [0.3, 0.4) is 0 Å². The molecule has 168 valence electrons. The van der Waals surface area contributed by atoms with Gasteiger partial charge in [-0.3, -0.25) is 4.79 Å². The highest BCUT2D eigenvalue weighted by molar-refractivity contribution is 5.69. The van der Waals surface area contributed by atoms with E-state index < -0.39 is 6.09 Å². The van der Waals surface area contributed by atoms with E-state index in [-0.39, 0.29) is 42.0 Å². The van der Waals surface area contributed by atoms with Crippen LogP contribution in [0.25, 0.3) is 0 Å². The summed E-state index contributed by atoms with van der Waals surface area (Å²) in [6.07, 6.45) is 3.50. The third-order valence-electron chi connectivity index (χ3n) is 5.07. The summed E-state index contributed by atoms with van der Waals surface area (Å²) in [6, 6.07) is 0. The Morgan fingerprint density at radius 3 is 2.28 bits per heavy atom. The van der Waals surface area contributed by atoms with E-state index in [1.807, 2.05) is 6.92 Å². The monoisotopic (exact) mass is 414 g/mol. The Morgan fingerprint density at radius 2 is 1.62 bits per heavy atom. The number of ether oxygens (including phenoxy) is 3. The standard InChI is InChI=1S/C21H38N2O6/c1-6-8-28-19(26)23-15-21(4)13-16(12-20(2,3)14-21)11-17(24)27-9-7-10-29-18(25)22-5/h16H,6-15H2,1-5H3,(H,22,25)(H,23,26). The zero-order valence-corrected chi connectivity index (χ0v) is 18.6. The first kappa shape index (κ1) is 25.0. The number of esters is 1. The first-order valence-corrected chi connectivity index (χ1v) is 10.5. The highest BCUT2D eigenvalue weighted by atomic mass is 16.6. The molecule has 0 aliphatic heterocycles. The Kier molecular flexibility index (Phi) is 10.3. The maximum atomic E-state index is 12.2. The molecule has 1 aliphatic rings. The number of amides is 2. The second-order valence-electron chi connectivity index (χ2n) is 9.08. The van der Waals surface area contributed by atoms with Crippen LogP contribution in [-0.4, -0.2) is 51.6 Å². The number of alkyl carbamates (subject to hydrolysis) is 2. The molecule has 0 heterocycles.